The van der Waals surface area contributed by atoms with Gasteiger partial charge in [-0.05, 0) is 51.3 Å². The van der Waals surface area contributed by atoms with Gasteiger partial charge in [-0.1, -0.05) is 6.92 Å². The number of carbonyl (C=O) groups is 1. The molecule has 0 aromatic carbocycles. The molecule has 1 aromatic heterocycles. The monoisotopic (exact) mass is 341 g/mol. The molecule has 1 aromatic rings. The Hall–Kier alpha value is -1.33. The minimum atomic E-state index is 0. The van der Waals surface area contributed by atoms with Gasteiger partial charge >= 0.3 is 0 Å². The third-order valence-electron chi connectivity index (χ3n) is 4.16. The number of piperidine rings is 1. The van der Waals surface area contributed by atoms with Crippen LogP contribution in [0.3, 0.4) is 0 Å². The van der Waals surface area contributed by atoms with Crippen LogP contribution in [0.15, 0.2) is 18.3 Å². The highest BCUT2D eigenvalue weighted by Crippen LogP contribution is 2.17. The Balaban J connectivity index is 0.00000264. The van der Waals surface area contributed by atoms with E-state index in [9.17, 15) is 4.79 Å². The Kier molecular flexibility index (Phi) is 8.34. The van der Waals surface area contributed by atoms with E-state index >= 15 is 0 Å². The summed E-state index contributed by atoms with van der Waals surface area (Å²) in [4.78, 5) is 16.5. The summed E-state index contributed by atoms with van der Waals surface area (Å²) in [5.74, 6) is 0.889. The van der Waals surface area contributed by atoms with Crippen LogP contribution < -0.4 is 15.4 Å². The van der Waals surface area contributed by atoms with E-state index in [1.165, 1.54) is 0 Å². The molecule has 0 saturated carbocycles. The highest BCUT2D eigenvalue weighted by Gasteiger charge is 2.24. The van der Waals surface area contributed by atoms with Crippen molar-refractivity contribution >= 4 is 18.3 Å². The van der Waals surface area contributed by atoms with Gasteiger partial charge in [0.15, 0.2) is 0 Å². The number of hydrogen-bond donors (Lipinski definition) is 2. The molecule has 2 N–H and O–H groups in total. The van der Waals surface area contributed by atoms with Gasteiger partial charge in [-0.2, -0.15) is 0 Å². The highest BCUT2D eigenvalue weighted by atomic mass is 35.5. The standard InChI is InChI=1S/C17H27N3O2.ClH/c1-4-13(3)22-16-10-14(5-7-19-16)11-20-17(21)15-6-8-18-12(2)9-15;/h5,7,10,12-13,15,18H,4,6,8-9,11H2,1-3H3,(H,20,21);1H/t12-,13?,15-;/m0./s1. The third-order valence-corrected chi connectivity index (χ3v) is 4.16. The molecular weight excluding hydrogens is 314 g/mol. The molecule has 0 aliphatic carbocycles. The van der Waals surface area contributed by atoms with Crippen LogP contribution in [0.2, 0.25) is 0 Å². The number of aromatic nitrogens is 1. The highest BCUT2D eigenvalue weighted by molar-refractivity contribution is 5.85. The van der Waals surface area contributed by atoms with Crippen LogP contribution >= 0.6 is 12.4 Å². The Morgan fingerprint density at radius 1 is 1.57 bits per heavy atom. The molecule has 0 bridgehead atoms. The van der Waals surface area contributed by atoms with Gasteiger partial charge < -0.3 is 15.4 Å². The second-order valence-electron chi connectivity index (χ2n) is 6.13. The number of halogens is 1. The minimum absolute atomic E-state index is 0. The first-order valence-electron chi connectivity index (χ1n) is 8.21. The molecular formula is C17H28ClN3O2. The summed E-state index contributed by atoms with van der Waals surface area (Å²) in [6.45, 7) is 7.67. The summed E-state index contributed by atoms with van der Waals surface area (Å²) in [6.07, 6.45) is 4.63. The van der Waals surface area contributed by atoms with Gasteiger partial charge in [0, 0.05) is 30.8 Å². The number of amides is 1. The van der Waals surface area contributed by atoms with Crippen LogP contribution in [0.5, 0.6) is 5.88 Å². The van der Waals surface area contributed by atoms with Crippen LogP contribution in [0.4, 0.5) is 0 Å². The molecule has 1 aliphatic heterocycles. The molecule has 6 heteroatoms. The number of carbonyl (C=O) groups excluding carboxylic acids is 1. The minimum Gasteiger partial charge on any atom is -0.475 e. The number of hydrogen-bond acceptors (Lipinski definition) is 4. The Bertz CT molecular complexity index is 498. The fraction of sp³-hybridized carbons (Fsp3) is 0.647. The number of pyridine rings is 1. The van der Waals surface area contributed by atoms with Gasteiger partial charge in [0.25, 0.3) is 0 Å². The molecule has 1 aliphatic rings. The number of nitrogens with one attached hydrogen (secondary N) is 2. The van der Waals surface area contributed by atoms with Gasteiger partial charge in [-0.3, -0.25) is 4.79 Å². The fourth-order valence-corrected chi connectivity index (χ4v) is 2.62. The topological polar surface area (TPSA) is 63.2 Å². The lowest BCUT2D eigenvalue weighted by molar-refractivity contribution is -0.126. The Morgan fingerprint density at radius 3 is 3.04 bits per heavy atom. The Morgan fingerprint density at radius 2 is 2.35 bits per heavy atom. The number of ether oxygens (including phenoxy) is 1. The zero-order valence-corrected chi connectivity index (χ0v) is 15.0. The van der Waals surface area contributed by atoms with E-state index < -0.39 is 0 Å². The maximum atomic E-state index is 12.2. The van der Waals surface area contributed by atoms with E-state index in [0.717, 1.165) is 31.4 Å². The summed E-state index contributed by atoms with van der Waals surface area (Å²) >= 11 is 0. The summed E-state index contributed by atoms with van der Waals surface area (Å²) in [5, 5.41) is 6.40. The second-order valence-corrected chi connectivity index (χ2v) is 6.13. The van der Waals surface area contributed by atoms with Crippen LogP contribution in [-0.2, 0) is 11.3 Å². The lowest BCUT2D eigenvalue weighted by atomic mass is 9.92. The maximum absolute atomic E-state index is 12.2. The predicted octanol–water partition coefficient (Wildman–Crippen LogP) is 2.69. The molecule has 1 unspecified atom stereocenters. The number of rotatable bonds is 6. The molecule has 2 heterocycles. The van der Waals surface area contributed by atoms with Crippen LogP contribution in [0, 0.1) is 5.92 Å². The molecule has 0 radical (unpaired) electrons. The lowest BCUT2D eigenvalue weighted by Crippen LogP contribution is -2.42. The quantitative estimate of drug-likeness (QED) is 0.835. The van der Waals surface area contributed by atoms with E-state index in [0.29, 0.717) is 18.5 Å². The molecule has 3 atom stereocenters. The van der Waals surface area contributed by atoms with E-state index in [1.54, 1.807) is 6.20 Å². The van der Waals surface area contributed by atoms with Gasteiger partial charge in [-0.25, -0.2) is 4.98 Å². The van der Waals surface area contributed by atoms with E-state index in [2.05, 4.69) is 29.5 Å². The van der Waals surface area contributed by atoms with Crippen molar-refractivity contribution in [2.45, 2.75) is 58.7 Å². The summed E-state index contributed by atoms with van der Waals surface area (Å²) < 4.78 is 5.71. The van der Waals surface area contributed by atoms with Crippen molar-refractivity contribution in [3.8, 4) is 5.88 Å². The first-order valence-corrected chi connectivity index (χ1v) is 8.21. The molecule has 130 valence electrons. The first-order chi connectivity index (χ1) is 10.6. The van der Waals surface area contributed by atoms with Crippen molar-refractivity contribution in [3.05, 3.63) is 23.9 Å². The average molecular weight is 342 g/mol. The molecule has 1 saturated heterocycles. The zero-order chi connectivity index (χ0) is 15.9. The third kappa shape index (κ3) is 6.36. The maximum Gasteiger partial charge on any atom is 0.223 e. The van der Waals surface area contributed by atoms with Gasteiger partial charge in [0.2, 0.25) is 11.8 Å². The smallest absolute Gasteiger partial charge is 0.223 e. The van der Waals surface area contributed by atoms with Crippen molar-refractivity contribution in [3.63, 3.8) is 0 Å². The van der Waals surface area contributed by atoms with Crippen molar-refractivity contribution in [2.75, 3.05) is 6.54 Å². The van der Waals surface area contributed by atoms with Crippen molar-refractivity contribution in [1.82, 2.24) is 15.6 Å². The first kappa shape index (κ1) is 19.7. The summed E-state index contributed by atoms with van der Waals surface area (Å²) in [5.41, 5.74) is 1.02. The lowest BCUT2D eigenvalue weighted by Gasteiger charge is -2.27. The molecule has 1 fully saturated rings. The molecule has 1 amide bonds. The molecule has 5 nitrogen and oxygen atoms in total. The van der Waals surface area contributed by atoms with Gasteiger partial charge in [0.1, 0.15) is 0 Å². The normalized spacial score (nSPS) is 21.9. The summed E-state index contributed by atoms with van der Waals surface area (Å²) in [6, 6.07) is 4.23. The van der Waals surface area contributed by atoms with Gasteiger partial charge in [0.05, 0.1) is 6.10 Å². The second kappa shape index (κ2) is 9.73. The zero-order valence-electron chi connectivity index (χ0n) is 14.2. The van der Waals surface area contributed by atoms with Crippen LogP contribution in [0.1, 0.15) is 45.6 Å². The SMILES string of the molecule is CCC(C)Oc1cc(CNC(=O)[C@H]2CCN[C@@H](C)C2)ccn1.Cl. The van der Waals surface area contributed by atoms with Crippen LogP contribution in [0.25, 0.3) is 0 Å². The van der Waals surface area contributed by atoms with Gasteiger partial charge in [-0.15, -0.1) is 12.4 Å². The predicted molar refractivity (Wildman–Crippen MR) is 93.9 cm³/mol. The van der Waals surface area contributed by atoms with Crippen LogP contribution in [-0.4, -0.2) is 29.6 Å². The largest absolute Gasteiger partial charge is 0.475 e. The van der Waals surface area contributed by atoms with Crippen molar-refractivity contribution < 1.29 is 9.53 Å². The summed E-state index contributed by atoms with van der Waals surface area (Å²) in [7, 11) is 0. The number of nitrogens with zero attached hydrogens (tertiary/aromatic N) is 1. The van der Waals surface area contributed by atoms with E-state index in [4.69, 9.17) is 4.74 Å². The Labute approximate surface area is 145 Å². The van der Waals surface area contributed by atoms with E-state index in [1.807, 2.05) is 19.1 Å². The van der Waals surface area contributed by atoms with Crippen molar-refractivity contribution in [1.29, 1.82) is 0 Å². The van der Waals surface area contributed by atoms with E-state index in [-0.39, 0.29) is 30.3 Å². The fourth-order valence-electron chi connectivity index (χ4n) is 2.62. The average Bonchev–Trinajstić information content (AvgIpc) is 2.53. The molecule has 2 rings (SSSR count). The van der Waals surface area contributed by atoms with Crippen molar-refractivity contribution in [2.24, 2.45) is 5.92 Å². The molecule has 0 spiro atoms. The molecule has 23 heavy (non-hydrogen) atoms.